The molecule has 0 saturated carbocycles. The van der Waals surface area contributed by atoms with Crippen LogP contribution in [0.15, 0.2) is 36.4 Å². The van der Waals surface area contributed by atoms with Crippen molar-refractivity contribution in [2.75, 3.05) is 25.5 Å². The molecule has 0 spiro atoms. The number of anilines is 1. The molecular weight excluding hydrogens is 370 g/mol. The number of nitrogens with one attached hydrogen (secondary N) is 1. The number of hydrogen-bond donors (Lipinski definition) is 1. The number of carbonyl (C=O) groups is 1. The first-order chi connectivity index (χ1) is 13.0. The molecule has 1 aliphatic heterocycles. The minimum absolute atomic E-state index is 0.0212. The molecule has 0 aromatic heterocycles. The van der Waals surface area contributed by atoms with E-state index in [2.05, 4.69) is 5.32 Å². The Balaban J connectivity index is 1.85. The van der Waals surface area contributed by atoms with Crippen molar-refractivity contribution in [2.45, 2.75) is 19.4 Å². The fourth-order valence-electron chi connectivity index (χ4n) is 3.15. The van der Waals surface area contributed by atoms with Crippen LogP contribution in [0.1, 0.15) is 28.8 Å². The molecule has 0 unspecified atom stereocenters. The summed E-state index contributed by atoms with van der Waals surface area (Å²) in [6.07, 6.45) is 2.01. The van der Waals surface area contributed by atoms with Crippen molar-refractivity contribution >= 4 is 28.9 Å². The second kappa shape index (κ2) is 8.26. The molecule has 0 radical (unpaired) electrons. The molecule has 1 N–H and O–H groups in total. The lowest BCUT2D eigenvalue weighted by atomic mass is 10.1. The van der Waals surface area contributed by atoms with Crippen molar-refractivity contribution in [3.05, 3.63) is 62.7 Å². The minimum atomic E-state index is -0.454. The average Bonchev–Trinajstić information content (AvgIpc) is 3.20. The van der Waals surface area contributed by atoms with Crippen molar-refractivity contribution in [3.8, 4) is 5.75 Å². The van der Waals surface area contributed by atoms with Crippen LogP contribution < -0.4 is 10.1 Å². The summed E-state index contributed by atoms with van der Waals surface area (Å²) in [4.78, 5) is 25.2. The normalized spacial score (nSPS) is 13.5. The van der Waals surface area contributed by atoms with Crippen molar-refractivity contribution < 1.29 is 14.5 Å². The summed E-state index contributed by atoms with van der Waals surface area (Å²) in [6.45, 7) is 1.75. The van der Waals surface area contributed by atoms with Crippen LogP contribution in [0, 0.1) is 10.1 Å². The lowest BCUT2D eigenvalue weighted by Crippen LogP contribution is -2.28. The number of rotatable bonds is 6. The van der Waals surface area contributed by atoms with Crippen LogP contribution in [0.4, 0.5) is 11.4 Å². The largest absolute Gasteiger partial charge is 0.496 e. The van der Waals surface area contributed by atoms with E-state index < -0.39 is 4.92 Å². The highest BCUT2D eigenvalue weighted by molar-refractivity contribution is 6.31. The van der Waals surface area contributed by atoms with Gasteiger partial charge in [0.25, 0.3) is 11.6 Å². The summed E-state index contributed by atoms with van der Waals surface area (Å²) in [6, 6.07) is 9.49. The molecule has 0 aliphatic carbocycles. The van der Waals surface area contributed by atoms with Crippen LogP contribution in [0.25, 0.3) is 0 Å². The molecule has 0 bridgehead atoms. The Kier molecular flexibility index (Phi) is 5.81. The van der Waals surface area contributed by atoms with E-state index in [0.717, 1.165) is 25.9 Å². The van der Waals surface area contributed by atoms with Gasteiger partial charge in [-0.3, -0.25) is 14.9 Å². The van der Waals surface area contributed by atoms with Crippen LogP contribution in [-0.2, 0) is 6.54 Å². The van der Waals surface area contributed by atoms with E-state index >= 15 is 0 Å². The summed E-state index contributed by atoms with van der Waals surface area (Å²) in [5.74, 6) is 0.486. The van der Waals surface area contributed by atoms with Gasteiger partial charge in [-0.25, -0.2) is 0 Å². The summed E-state index contributed by atoms with van der Waals surface area (Å²) in [7, 11) is 1.51. The third-order valence-corrected chi connectivity index (χ3v) is 4.78. The molecule has 1 amide bonds. The van der Waals surface area contributed by atoms with E-state index in [0.29, 0.717) is 27.6 Å². The number of nitrogens with zero attached hydrogens (tertiary/aromatic N) is 2. The Bertz CT molecular complexity index is 866. The number of halogens is 1. The molecule has 27 heavy (non-hydrogen) atoms. The van der Waals surface area contributed by atoms with Gasteiger partial charge in [-0.15, -0.1) is 0 Å². The molecule has 2 aromatic rings. The molecule has 1 fully saturated rings. The smallest absolute Gasteiger partial charge is 0.270 e. The quantitative estimate of drug-likeness (QED) is 0.593. The summed E-state index contributed by atoms with van der Waals surface area (Å²) < 4.78 is 5.29. The zero-order valence-electron chi connectivity index (χ0n) is 14.9. The number of likely N-dealkylation sites (tertiary alicyclic amines) is 1. The summed E-state index contributed by atoms with van der Waals surface area (Å²) in [5.41, 5.74) is 1.72. The first-order valence-corrected chi connectivity index (χ1v) is 9.01. The van der Waals surface area contributed by atoms with E-state index in [9.17, 15) is 14.9 Å². The third-order valence-electron chi connectivity index (χ3n) is 4.55. The number of carbonyl (C=O) groups excluding carboxylic acids is 1. The molecule has 3 rings (SSSR count). The lowest BCUT2D eigenvalue weighted by molar-refractivity contribution is -0.384. The molecule has 1 aliphatic rings. The Morgan fingerprint density at radius 2 is 2.00 bits per heavy atom. The standard InChI is InChI=1S/C19H20ClN3O4/c1-27-18-7-5-15(23(25)26)10-13(18)12-21-17-11-14(20)4-6-16(17)19(24)22-8-2-3-9-22/h4-7,10-11,21H,2-3,8-9,12H2,1H3. The van der Waals surface area contributed by atoms with E-state index in [4.69, 9.17) is 16.3 Å². The number of nitro benzene ring substituents is 1. The van der Waals surface area contributed by atoms with Crippen LogP contribution in [-0.4, -0.2) is 35.9 Å². The summed E-state index contributed by atoms with van der Waals surface area (Å²) in [5, 5.41) is 14.7. The average molecular weight is 390 g/mol. The maximum Gasteiger partial charge on any atom is 0.270 e. The van der Waals surface area contributed by atoms with Crippen molar-refractivity contribution in [3.63, 3.8) is 0 Å². The maximum atomic E-state index is 12.8. The van der Waals surface area contributed by atoms with Gasteiger partial charge < -0.3 is 15.0 Å². The van der Waals surface area contributed by atoms with Gasteiger partial charge in [0.1, 0.15) is 5.75 Å². The van der Waals surface area contributed by atoms with Crippen LogP contribution >= 0.6 is 11.6 Å². The molecule has 1 saturated heterocycles. The predicted molar refractivity (Wildman–Crippen MR) is 104 cm³/mol. The molecule has 8 heteroatoms. The Labute approximate surface area is 162 Å². The highest BCUT2D eigenvalue weighted by Crippen LogP contribution is 2.28. The predicted octanol–water partition coefficient (Wildman–Crippen LogP) is 4.10. The minimum Gasteiger partial charge on any atom is -0.496 e. The summed E-state index contributed by atoms with van der Waals surface area (Å²) >= 11 is 6.11. The van der Waals surface area contributed by atoms with Gasteiger partial charge in [-0.05, 0) is 37.1 Å². The van der Waals surface area contributed by atoms with E-state index in [1.54, 1.807) is 24.3 Å². The number of nitro groups is 1. The lowest BCUT2D eigenvalue weighted by Gasteiger charge is -2.19. The SMILES string of the molecule is COc1ccc([N+](=O)[O-])cc1CNc1cc(Cl)ccc1C(=O)N1CCCC1. The first-order valence-electron chi connectivity index (χ1n) is 8.63. The van der Waals surface area contributed by atoms with Crippen molar-refractivity contribution in [1.82, 2.24) is 4.90 Å². The van der Waals surface area contributed by atoms with Crippen LogP contribution in [0.5, 0.6) is 5.75 Å². The van der Waals surface area contributed by atoms with Crippen LogP contribution in [0.3, 0.4) is 0 Å². The van der Waals surface area contributed by atoms with Gasteiger partial charge in [-0.1, -0.05) is 11.6 Å². The number of non-ortho nitro benzene ring substituents is 1. The number of methoxy groups -OCH3 is 1. The molecule has 0 atom stereocenters. The number of hydrogen-bond acceptors (Lipinski definition) is 5. The van der Waals surface area contributed by atoms with Gasteiger partial charge >= 0.3 is 0 Å². The van der Waals surface area contributed by atoms with Crippen molar-refractivity contribution in [2.24, 2.45) is 0 Å². The molecule has 7 nitrogen and oxygen atoms in total. The monoisotopic (exact) mass is 389 g/mol. The number of benzene rings is 2. The topological polar surface area (TPSA) is 84.7 Å². The zero-order valence-corrected chi connectivity index (χ0v) is 15.7. The fourth-order valence-corrected chi connectivity index (χ4v) is 3.32. The van der Waals surface area contributed by atoms with Gasteiger partial charge in [-0.2, -0.15) is 0 Å². The number of amides is 1. The Morgan fingerprint density at radius 3 is 2.67 bits per heavy atom. The second-order valence-corrected chi connectivity index (χ2v) is 6.73. The highest BCUT2D eigenvalue weighted by Gasteiger charge is 2.22. The highest BCUT2D eigenvalue weighted by atomic mass is 35.5. The number of ether oxygens (including phenoxy) is 1. The molecular formula is C19H20ClN3O4. The van der Waals surface area contributed by atoms with Gasteiger partial charge in [0.2, 0.25) is 0 Å². The Hall–Kier alpha value is -2.80. The fraction of sp³-hybridized carbons (Fsp3) is 0.316. The van der Waals surface area contributed by atoms with E-state index in [1.165, 1.54) is 19.2 Å². The van der Waals surface area contributed by atoms with E-state index in [-0.39, 0.29) is 18.1 Å². The third kappa shape index (κ3) is 4.31. The maximum absolute atomic E-state index is 12.8. The first kappa shape index (κ1) is 19.0. The zero-order chi connectivity index (χ0) is 19.4. The Morgan fingerprint density at radius 1 is 1.26 bits per heavy atom. The molecule has 2 aromatic carbocycles. The van der Waals surface area contributed by atoms with Gasteiger partial charge in [0.05, 0.1) is 17.6 Å². The van der Waals surface area contributed by atoms with E-state index in [1.807, 2.05) is 4.90 Å². The second-order valence-electron chi connectivity index (χ2n) is 6.30. The van der Waals surface area contributed by atoms with Crippen LogP contribution in [0.2, 0.25) is 5.02 Å². The molecule has 1 heterocycles. The van der Waals surface area contributed by atoms with Gasteiger partial charge in [0, 0.05) is 48.0 Å². The van der Waals surface area contributed by atoms with Gasteiger partial charge in [0.15, 0.2) is 0 Å². The van der Waals surface area contributed by atoms with Crippen molar-refractivity contribution in [1.29, 1.82) is 0 Å². The molecule has 142 valence electrons.